The van der Waals surface area contributed by atoms with Crippen molar-refractivity contribution in [3.8, 4) is 5.75 Å². The van der Waals surface area contributed by atoms with E-state index in [1.54, 1.807) is 32.9 Å². The van der Waals surface area contributed by atoms with Crippen LogP contribution in [0.4, 0.5) is 13.2 Å². The first kappa shape index (κ1) is 22.5. The lowest BCUT2D eigenvalue weighted by atomic mass is 10.1. The third-order valence-electron chi connectivity index (χ3n) is 5.16. The summed E-state index contributed by atoms with van der Waals surface area (Å²) < 4.78 is 45.3. The van der Waals surface area contributed by atoms with Gasteiger partial charge in [0.15, 0.2) is 0 Å². The summed E-state index contributed by atoms with van der Waals surface area (Å²) in [5, 5.41) is 3.54. The number of alkyl halides is 3. The fourth-order valence-electron chi connectivity index (χ4n) is 3.49. The van der Waals surface area contributed by atoms with Crippen LogP contribution in [0.15, 0.2) is 18.2 Å². The van der Waals surface area contributed by atoms with Crippen molar-refractivity contribution in [2.75, 3.05) is 14.2 Å². The second kappa shape index (κ2) is 8.52. The monoisotopic (exact) mass is 435 g/mol. The predicted octanol–water partition coefficient (Wildman–Crippen LogP) is 3.67. The molecule has 1 amide bonds. The number of aromatic nitrogens is 4. The molecule has 0 N–H and O–H groups in total. The summed E-state index contributed by atoms with van der Waals surface area (Å²) in [6.45, 7) is 5.69. The van der Waals surface area contributed by atoms with Crippen molar-refractivity contribution in [3.05, 3.63) is 52.1 Å². The zero-order valence-corrected chi connectivity index (χ0v) is 18.0. The molecule has 0 saturated heterocycles. The third kappa shape index (κ3) is 4.78. The van der Waals surface area contributed by atoms with Crippen LogP contribution in [0, 0.1) is 20.8 Å². The quantitative estimate of drug-likeness (QED) is 0.591. The minimum absolute atomic E-state index is 0.1000. The molecule has 3 aromatic rings. The topological polar surface area (TPSA) is 72.6 Å². The molecule has 0 aliphatic carbocycles. The molecule has 10 heteroatoms. The number of methoxy groups -OCH3 is 1. The van der Waals surface area contributed by atoms with E-state index in [4.69, 9.17) is 4.74 Å². The van der Waals surface area contributed by atoms with Gasteiger partial charge < -0.3 is 9.64 Å². The van der Waals surface area contributed by atoms with Gasteiger partial charge in [-0.25, -0.2) is 9.50 Å². The van der Waals surface area contributed by atoms with E-state index >= 15 is 0 Å². The van der Waals surface area contributed by atoms with E-state index in [-0.39, 0.29) is 18.1 Å². The van der Waals surface area contributed by atoms with E-state index in [0.717, 1.165) is 15.6 Å². The molecule has 3 rings (SSSR count). The molecular weight excluding hydrogens is 411 g/mol. The first-order chi connectivity index (χ1) is 14.5. The largest absolute Gasteiger partial charge is 0.496 e. The fraction of sp³-hybridized carbons (Fsp3) is 0.429. The summed E-state index contributed by atoms with van der Waals surface area (Å²) in [6.07, 6.45) is -4.14. The van der Waals surface area contributed by atoms with Gasteiger partial charge >= 0.3 is 6.18 Å². The number of ether oxygens (including phenoxy) is 1. The Morgan fingerprint density at radius 3 is 2.55 bits per heavy atom. The van der Waals surface area contributed by atoms with E-state index in [1.165, 1.54) is 0 Å². The summed E-state index contributed by atoms with van der Waals surface area (Å²) >= 11 is 0. The lowest BCUT2D eigenvalue weighted by Crippen LogP contribution is -2.27. The summed E-state index contributed by atoms with van der Waals surface area (Å²) in [5.74, 6) is -0.737. The fourth-order valence-corrected chi connectivity index (χ4v) is 3.49. The van der Waals surface area contributed by atoms with Crippen LogP contribution in [0.1, 0.15) is 40.3 Å². The molecule has 2 aromatic heterocycles. The van der Waals surface area contributed by atoms with Gasteiger partial charge in [0.05, 0.1) is 7.11 Å². The van der Waals surface area contributed by atoms with Crippen molar-refractivity contribution in [2.45, 2.75) is 46.3 Å². The summed E-state index contributed by atoms with van der Waals surface area (Å²) in [7, 11) is 3.29. The molecule has 0 spiro atoms. The van der Waals surface area contributed by atoms with Crippen LogP contribution >= 0.6 is 0 Å². The molecule has 0 bridgehead atoms. The van der Waals surface area contributed by atoms with E-state index in [1.807, 2.05) is 25.1 Å². The zero-order chi connectivity index (χ0) is 22.9. The van der Waals surface area contributed by atoms with E-state index in [0.29, 0.717) is 35.7 Å². The molecule has 166 valence electrons. The Morgan fingerprint density at radius 2 is 1.90 bits per heavy atom. The standard InChI is InChI=1S/C21H24F3N5O2/c1-12-6-8-17(31-5)15(10-12)11-28(4)18(30)9-7-16-13(2)25-20-26-19(21(22,23)24)27-29(20)14(16)3/h6,8,10H,7,9,11H2,1-5H3. The number of hydrogen-bond acceptors (Lipinski definition) is 5. The van der Waals surface area contributed by atoms with Gasteiger partial charge in [-0.15, -0.1) is 5.10 Å². The van der Waals surface area contributed by atoms with E-state index in [2.05, 4.69) is 15.1 Å². The van der Waals surface area contributed by atoms with Gasteiger partial charge in [0.25, 0.3) is 11.6 Å². The number of nitrogens with zero attached hydrogens (tertiary/aromatic N) is 5. The SMILES string of the molecule is COc1ccc(C)cc1CN(C)C(=O)CCc1c(C)nc2nc(C(F)(F)F)nn2c1C. The zero-order valence-electron chi connectivity index (χ0n) is 18.0. The van der Waals surface area contributed by atoms with Crippen molar-refractivity contribution in [1.29, 1.82) is 0 Å². The Morgan fingerprint density at radius 1 is 1.19 bits per heavy atom. The molecule has 0 fully saturated rings. The minimum Gasteiger partial charge on any atom is -0.496 e. The molecule has 2 heterocycles. The normalized spacial score (nSPS) is 11.7. The van der Waals surface area contributed by atoms with Gasteiger partial charge in [-0.3, -0.25) is 4.79 Å². The van der Waals surface area contributed by atoms with Gasteiger partial charge in [0.1, 0.15) is 5.75 Å². The number of halogens is 3. The molecule has 0 aliphatic rings. The van der Waals surface area contributed by atoms with E-state index in [9.17, 15) is 18.0 Å². The van der Waals surface area contributed by atoms with Gasteiger partial charge in [-0.1, -0.05) is 17.7 Å². The maximum atomic E-state index is 12.9. The number of carbonyl (C=O) groups is 1. The van der Waals surface area contributed by atoms with Crippen molar-refractivity contribution >= 4 is 11.7 Å². The Bertz CT molecular complexity index is 1120. The van der Waals surface area contributed by atoms with Gasteiger partial charge in [0.2, 0.25) is 5.91 Å². The average Bonchev–Trinajstić information content (AvgIpc) is 3.12. The van der Waals surface area contributed by atoms with E-state index < -0.39 is 12.0 Å². The Balaban J connectivity index is 1.76. The molecule has 1 aromatic carbocycles. The summed E-state index contributed by atoms with van der Waals surface area (Å²) in [4.78, 5) is 21.9. The van der Waals surface area contributed by atoms with Gasteiger partial charge in [-0.05, 0) is 38.8 Å². The van der Waals surface area contributed by atoms with Crippen LogP contribution in [0.2, 0.25) is 0 Å². The number of amides is 1. The van der Waals surface area contributed by atoms with Gasteiger partial charge in [-0.2, -0.15) is 18.2 Å². The third-order valence-corrected chi connectivity index (χ3v) is 5.16. The van der Waals surface area contributed by atoms with Crippen LogP contribution in [0.25, 0.3) is 5.78 Å². The highest BCUT2D eigenvalue weighted by molar-refractivity contribution is 5.76. The van der Waals surface area contributed by atoms with Crippen LogP contribution in [0.3, 0.4) is 0 Å². The highest BCUT2D eigenvalue weighted by Crippen LogP contribution is 2.27. The number of fused-ring (bicyclic) bond motifs is 1. The van der Waals surface area contributed by atoms with Crippen molar-refractivity contribution in [3.63, 3.8) is 0 Å². The van der Waals surface area contributed by atoms with Crippen LogP contribution in [0.5, 0.6) is 5.75 Å². The Kier molecular flexibility index (Phi) is 6.19. The summed E-state index contributed by atoms with van der Waals surface area (Å²) in [6, 6.07) is 5.77. The van der Waals surface area contributed by atoms with Crippen LogP contribution in [-0.4, -0.2) is 44.5 Å². The molecule has 0 aliphatic heterocycles. The van der Waals surface area contributed by atoms with Crippen molar-refractivity contribution in [2.24, 2.45) is 0 Å². The number of aryl methyl sites for hydroxylation is 3. The number of benzene rings is 1. The highest BCUT2D eigenvalue weighted by Gasteiger charge is 2.37. The van der Waals surface area contributed by atoms with Gasteiger partial charge in [0, 0.05) is 37.0 Å². The molecule has 7 nitrogen and oxygen atoms in total. The molecule has 31 heavy (non-hydrogen) atoms. The number of hydrogen-bond donors (Lipinski definition) is 0. The first-order valence-corrected chi connectivity index (χ1v) is 9.68. The minimum atomic E-state index is -4.65. The average molecular weight is 435 g/mol. The van der Waals surface area contributed by atoms with Crippen molar-refractivity contribution in [1.82, 2.24) is 24.5 Å². The highest BCUT2D eigenvalue weighted by atomic mass is 19.4. The maximum Gasteiger partial charge on any atom is 0.453 e. The Hall–Kier alpha value is -3.17. The second-order valence-electron chi connectivity index (χ2n) is 7.47. The lowest BCUT2D eigenvalue weighted by Gasteiger charge is -2.20. The predicted molar refractivity (Wildman–Crippen MR) is 108 cm³/mol. The second-order valence-corrected chi connectivity index (χ2v) is 7.47. The smallest absolute Gasteiger partial charge is 0.453 e. The first-order valence-electron chi connectivity index (χ1n) is 9.68. The maximum absolute atomic E-state index is 12.9. The Labute approximate surface area is 177 Å². The summed E-state index contributed by atoms with van der Waals surface area (Å²) in [5.41, 5.74) is 3.66. The van der Waals surface area contributed by atoms with Crippen LogP contribution in [-0.2, 0) is 23.9 Å². The molecule has 0 saturated carbocycles. The lowest BCUT2D eigenvalue weighted by molar-refractivity contribution is -0.144. The molecule has 0 unspecified atom stereocenters. The van der Waals surface area contributed by atoms with Crippen molar-refractivity contribution < 1.29 is 22.7 Å². The number of rotatable bonds is 6. The number of carbonyl (C=O) groups excluding carboxylic acids is 1. The molecular formula is C21H24F3N5O2. The van der Waals surface area contributed by atoms with Crippen LogP contribution < -0.4 is 4.74 Å². The molecule has 0 atom stereocenters. The molecule has 0 radical (unpaired) electrons.